The molecule has 0 aliphatic heterocycles. The third kappa shape index (κ3) is 5.07. The first-order valence-corrected chi connectivity index (χ1v) is 8.90. The number of alkyl carbamates (subject to hydrolysis) is 1. The Morgan fingerprint density at radius 1 is 1.00 bits per heavy atom. The van der Waals surface area contributed by atoms with E-state index in [0.29, 0.717) is 13.2 Å². The van der Waals surface area contributed by atoms with Crippen molar-refractivity contribution in [1.82, 2.24) is 5.32 Å². The van der Waals surface area contributed by atoms with E-state index in [2.05, 4.69) is 5.32 Å². The number of amides is 1. The molecule has 0 atom stereocenters. The molecule has 1 fully saturated rings. The summed E-state index contributed by atoms with van der Waals surface area (Å²) in [6.07, 6.45) is 1.12. The van der Waals surface area contributed by atoms with Crippen LogP contribution in [0.25, 0.3) is 0 Å². The summed E-state index contributed by atoms with van der Waals surface area (Å²) in [6, 6.07) is 19.6. The van der Waals surface area contributed by atoms with Gasteiger partial charge in [-0.25, -0.2) is 4.79 Å². The lowest BCUT2D eigenvalue weighted by Crippen LogP contribution is -2.51. The molecular formula is C21H25NO4. The lowest BCUT2D eigenvalue weighted by molar-refractivity contribution is -0.106. The highest BCUT2D eigenvalue weighted by atomic mass is 16.5. The Hall–Kier alpha value is -2.37. The van der Waals surface area contributed by atoms with Crippen LogP contribution in [0.1, 0.15) is 24.0 Å². The molecule has 0 aromatic heterocycles. The van der Waals surface area contributed by atoms with Gasteiger partial charge in [-0.1, -0.05) is 60.7 Å². The summed E-state index contributed by atoms with van der Waals surface area (Å²) in [5.74, 6) is 0. The van der Waals surface area contributed by atoms with E-state index in [4.69, 9.17) is 9.47 Å². The molecule has 0 spiro atoms. The Labute approximate surface area is 153 Å². The molecule has 3 rings (SSSR count). The van der Waals surface area contributed by atoms with Crippen LogP contribution in [0.3, 0.4) is 0 Å². The van der Waals surface area contributed by atoms with E-state index >= 15 is 0 Å². The maximum Gasteiger partial charge on any atom is 0.407 e. The van der Waals surface area contributed by atoms with Crippen molar-refractivity contribution >= 4 is 6.09 Å². The van der Waals surface area contributed by atoms with Gasteiger partial charge in [-0.15, -0.1) is 0 Å². The van der Waals surface area contributed by atoms with Crippen LogP contribution in [-0.4, -0.2) is 30.5 Å². The standard InChI is InChI=1S/C21H25NO4/c23-16-21(11-19(12-21)25-13-17-7-3-1-4-8-17)15-22-20(24)26-14-18-9-5-2-6-10-18/h1-10,19,23H,11-16H2,(H,22,24). The maximum atomic E-state index is 11.9. The van der Waals surface area contributed by atoms with Crippen molar-refractivity contribution in [1.29, 1.82) is 0 Å². The molecule has 0 saturated heterocycles. The largest absolute Gasteiger partial charge is 0.445 e. The summed E-state index contributed by atoms with van der Waals surface area (Å²) in [6.45, 7) is 1.22. The number of aliphatic hydroxyl groups is 1. The molecule has 5 nitrogen and oxygen atoms in total. The Bertz CT molecular complexity index is 684. The molecule has 5 heteroatoms. The van der Waals surface area contributed by atoms with Crippen LogP contribution in [0.15, 0.2) is 60.7 Å². The zero-order valence-electron chi connectivity index (χ0n) is 14.8. The van der Waals surface area contributed by atoms with Crippen LogP contribution in [-0.2, 0) is 22.7 Å². The molecule has 2 N–H and O–H groups in total. The van der Waals surface area contributed by atoms with Crippen LogP contribution in [0, 0.1) is 5.41 Å². The quantitative estimate of drug-likeness (QED) is 0.763. The number of ether oxygens (including phenoxy) is 2. The number of benzene rings is 2. The predicted octanol–water partition coefficient (Wildman–Crippen LogP) is 3.27. The van der Waals surface area contributed by atoms with Gasteiger partial charge in [0.15, 0.2) is 0 Å². The molecule has 1 aliphatic rings. The molecule has 2 aromatic carbocycles. The Morgan fingerprint density at radius 2 is 1.58 bits per heavy atom. The van der Waals surface area contributed by atoms with Crippen molar-refractivity contribution in [2.45, 2.75) is 32.2 Å². The molecule has 0 unspecified atom stereocenters. The first kappa shape index (κ1) is 18.4. The fourth-order valence-corrected chi connectivity index (χ4v) is 3.18. The lowest BCUT2D eigenvalue weighted by atomic mass is 9.67. The predicted molar refractivity (Wildman–Crippen MR) is 98.4 cm³/mol. The van der Waals surface area contributed by atoms with E-state index in [9.17, 15) is 9.90 Å². The average Bonchev–Trinajstić information content (AvgIpc) is 2.67. The summed E-state index contributed by atoms with van der Waals surface area (Å²) in [5, 5.41) is 12.5. The van der Waals surface area contributed by atoms with E-state index in [1.165, 1.54) is 0 Å². The summed E-state index contributed by atoms with van der Waals surface area (Å²) in [4.78, 5) is 11.9. The Kier molecular flexibility index (Phi) is 6.26. The van der Waals surface area contributed by atoms with Gasteiger partial charge in [0, 0.05) is 12.0 Å². The van der Waals surface area contributed by atoms with E-state index in [0.717, 1.165) is 24.0 Å². The highest BCUT2D eigenvalue weighted by Gasteiger charge is 2.44. The van der Waals surface area contributed by atoms with Crippen LogP contribution < -0.4 is 5.32 Å². The highest BCUT2D eigenvalue weighted by molar-refractivity contribution is 5.67. The van der Waals surface area contributed by atoms with Crippen molar-refractivity contribution in [3.05, 3.63) is 71.8 Å². The molecule has 0 radical (unpaired) electrons. The van der Waals surface area contributed by atoms with Crippen LogP contribution >= 0.6 is 0 Å². The Balaban J connectivity index is 1.36. The van der Waals surface area contributed by atoms with E-state index in [1.54, 1.807) is 0 Å². The zero-order valence-corrected chi connectivity index (χ0v) is 14.8. The summed E-state index contributed by atoms with van der Waals surface area (Å²) in [5.41, 5.74) is 1.77. The molecule has 1 aliphatic carbocycles. The minimum atomic E-state index is -0.463. The lowest BCUT2D eigenvalue weighted by Gasteiger charge is -2.46. The SMILES string of the molecule is O=C(NCC1(CO)CC(OCc2ccccc2)C1)OCc1ccccc1. The van der Waals surface area contributed by atoms with Crippen molar-refractivity contribution in [2.24, 2.45) is 5.41 Å². The smallest absolute Gasteiger partial charge is 0.407 e. The fourth-order valence-electron chi connectivity index (χ4n) is 3.18. The van der Waals surface area contributed by atoms with Gasteiger partial charge in [-0.3, -0.25) is 0 Å². The minimum Gasteiger partial charge on any atom is -0.445 e. The maximum absolute atomic E-state index is 11.9. The van der Waals surface area contributed by atoms with Gasteiger partial charge in [0.2, 0.25) is 0 Å². The second-order valence-electron chi connectivity index (χ2n) is 6.90. The molecule has 1 saturated carbocycles. The van der Waals surface area contributed by atoms with Crippen LogP contribution in [0.4, 0.5) is 4.79 Å². The second kappa shape index (κ2) is 8.83. The van der Waals surface area contributed by atoms with Gasteiger partial charge in [0.05, 0.1) is 19.3 Å². The third-order valence-corrected chi connectivity index (χ3v) is 4.81. The third-order valence-electron chi connectivity index (χ3n) is 4.81. The summed E-state index contributed by atoms with van der Waals surface area (Å²) in [7, 11) is 0. The van der Waals surface area contributed by atoms with Crippen molar-refractivity contribution in [3.63, 3.8) is 0 Å². The van der Waals surface area contributed by atoms with E-state index in [1.807, 2.05) is 60.7 Å². The molecule has 26 heavy (non-hydrogen) atoms. The normalized spacial score (nSPS) is 21.7. The van der Waals surface area contributed by atoms with Crippen LogP contribution in [0.5, 0.6) is 0 Å². The van der Waals surface area contributed by atoms with E-state index in [-0.39, 0.29) is 24.7 Å². The topological polar surface area (TPSA) is 67.8 Å². The van der Waals surface area contributed by atoms with Gasteiger partial charge >= 0.3 is 6.09 Å². The van der Waals surface area contributed by atoms with Gasteiger partial charge in [-0.2, -0.15) is 0 Å². The average molecular weight is 355 g/mol. The van der Waals surface area contributed by atoms with Gasteiger partial charge in [0.1, 0.15) is 6.61 Å². The fraction of sp³-hybridized carbons (Fsp3) is 0.381. The number of hydrogen-bond donors (Lipinski definition) is 2. The highest BCUT2D eigenvalue weighted by Crippen LogP contribution is 2.42. The number of aliphatic hydroxyl groups excluding tert-OH is 1. The summed E-state index contributed by atoms with van der Waals surface area (Å²) >= 11 is 0. The number of hydrogen-bond acceptors (Lipinski definition) is 4. The zero-order chi connectivity index (χ0) is 18.2. The molecule has 138 valence electrons. The van der Waals surface area contributed by atoms with Crippen molar-refractivity contribution < 1.29 is 19.4 Å². The molecule has 0 bridgehead atoms. The second-order valence-corrected chi connectivity index (χ2v) is 6.90. The monoisotopic (exact) mass is 355 g/mol. The van der Waals surface area contributed by atoms with Gasteiger partial charge in [0.25, 0.3) is 0 Å². The molecule has 1 amide bonds. The first-order valence-electron chi connectivity index (χ1n) is 8.90. The number of carbonyl (C=O) groups is 1. The van der Waals surface area contributed by atoms with Gasteiger partial charge < -0.3 is 19.9 Å². The summed E-state index contributed by atoms with van der Waals surface area (Å²) < 4.78 is 11.1. The van der Waals surface area contributed by atoms with Crippen LogP contribution in [0.2, 0.25) is 0 Å². The van der Waals surface area contributed by atoms with Crippen molar-refractivity contribution in [2.75, 3.05) is 13.2 Å². The minimum absolute atomic E-state index is 0.0250. The van der Waals surface area contributed by atoms with Gasteiger partial charge in [-0.05, 0) is 24.0 Å². The number of nitrogens with one attached hydrogen (secondary N) is 1. The van der Waals surface area contributed by atoms with Crippen molar-refractivity contribution in [3.8, 4) is 0 Å². The number of carbonyl (C=O) groups excluding carboxylic acids is 1. The molecule has 2 aromatic rings. The first-order chi connectivity index (χ1) is 12.7. The Morgan fingerprint density at radius 3 is 2.15 bits per heavy atom. The molecule has 0 heterocycles. The number of rotatable bonds is 8. The molecular weight excluding hydrogens is 330 g/mol. The van der Waals surface area contributed by atoms with E-state index < -0.39 is 6.09 Å².